The van der Waals surface area contributed by atoms with Crippen molar-refractivity contribution in [2.75, 3.05) is 12.5 Å². The predicted molar refractivity (Wildman–Crippen MR) is 49.8 cm³/mol. The lowest BCUT2D eigenvalue weighted by Gasteiger charge is -1.90. The molecular formula is C7H13N3O2S. The van der Waals surface area contributed by atoms with E-state index in [1.54, 1.807) is 12.5 Å². The van der Waals surface area contributed by atoms with Gasteiger partial charge >= 0.3 is 0 Å². The summed E-state index contributed by atoms with van der Waals surface area (Å²) >= 11 is 0. The Labute approximate surface area is 77.7 Å². The Morgan fingerprint density at radius 3 is 2.69 bits per heavy atom. The van der Waals surface area contributed by atoms with Gasteiger partial charge in [-0.1, -0.05) is 12.1 Å². The zero-order chi connectivity index (χ0) is 9.90. The topological polar surface area (TPSA) is 68.3 Å². The quantitative estimate of drug-likeness (QED) is 0.730. The molecule has 74 valence electrons. The van der Waals surface area contributed by atoms with Crippen LogP contribution in [-0.4, -0.2) is 26.9 Å². The Kier molecular flexibility index (Phi) is 3.02. The summed E-state index contributed by atoms with van der Waals surface area (Å²) in [5.41, 5.74) is 0. The molecule has 0 radical (unpaired) electrons. The molecule has 0 aliphatic rings. The molecule has 0 atom stereocenters. The van der Waals surface area contributed by atoms with Crippen molar-refractivity contribution in [2.45, 2.75) is 19.9 Å². The molecule has 0 fully saturated rings. The van der Waals surface area contributed by atoms with Crippen molar-refractivity contribution in [3.05, 3.63) is 11.7 Å². The third-order valence-corrected chi connectivity index (χ3v) is 2.08. The first-order valence-electron chi connectivity index (χ1n) is 3.95. The summed E-state index contributed by atoms with van der Waals surface area (Å²) in [4.78, 5) is 4.03. The molecule has 0 N–H and O–H groups in total. The first kappa shape index (κ1) is 10.2. The largest absolute Gasteiger partial charge is 0.339 e. The molecule has 0 aliphatic carbocycles. The van der Waals surface area contributed by atoms with Crippen molar-refractivity contribution in [1.82, 2.24) is 10.1 Å². The standard InChI is InChI=1S/C7H13N3O2S/c1-4-7-9-6(10-12-7)5-8-13(2,3)11/h4-5H2,1-3H3. The molecule has 0 unspecified atom stereocenters. The van der Waals surface area contributed by atoms with Gasteiger partial charge in [-0.3, -0.25) is 4.21 Å². The van der Waals surface area contributed by atoms with Crippen LogP contribution in [-0.2, 0) is 22.7 Å². The van der Waals surface area contributed by atoms with Gasteiger partial charge in [-0.25, -0.2) is 4.36 Å². The fraction of sp³-hybridized carbons (Fsp3) is 0.714. The highest BCUT2D eigenvalue weighted by Gasteiger charge is 2.03. The highest BCUT2D eigenvalue weighted by molar-refractivity contribution is 7.92. The number of hydrogen-bond donors (Lipinski definition) is 0. The normalized spacial score (nSPS) is 11.6. The lowest BCUT2D eigenvalue weighted by atomic mass is 10.5. The van der Waals surface area contributed by atoms with Crippen LogP contribution < -0.4 is 0 Å². The second kappa shape index (κ2) is 3.87. The minimum absolute atomic E-state index is 0.259. The Morgan fingerprint density at radius 1 is 1.54 bits per heavy atom. The number of aromatic nitrogens is 2. The van der Waals surface area contributed by atoms with E-state index in [1.807, 2.05) is 6.92 Å². The molecule has 0 amide bonds. The SMILES string of the molecule is CCc1nc(CN=S(C)(C)=O)no1. The Balaban J connectivity index is 2.71. The van der Waals surface area contributed by atoms with Gasteiger partial charge in [0.15, 0.2) is 5.82 Å². The lowest BCUT2D eigenvalue weighted by molar-refractivity contribution is 0.377. The van der Waals surface area contributed by atoms with Crippen molar-refractivity contribution in [2.24, 2.45) is 4.36 Å². The molecular weight excluding hydrogens is 190 g/mol. The van der Waals surface area contributed by atoms with E-state index in [0.717, 1.165) is 0 Å². The molecule has 0 spiro atoms. The van der Waals surface area contributed by atoms with E-state index >= 15 is 0 Å². The second-order valence-electron chi connectivity index (χ2n) is 2.93. The monoisotopic (exact) mass is 203 g/mol. The molecule has 0 saturated carbocycles. The van der Waals surface area contributed by atoms with Crippen LogP contribution >= 0.6 is 0 Å². The number of nitrogens with zero attached hydrogens (tertiary/aromatic N) is 3. The Bertz CT molecular complexity index is 382. The molecule has 6 heteroatoms. The van der Waals surface area contributed by atoms with E-state index in [1.165, 1.54) is 0 Å². The molecule has 0 saturated heterocycles. The van der Waals surface area contributed by atoms with E-state index in [-0.39, 0.29) is 6.54 Å². The molecule has 1 aromatic rings. The zero-order valence-electron chi connectivity index (χ0n) is 7.98. The Hall–Kier alpha value is -0.910. The van der Waals surface area contributed by atoms with Crippen LogP contribution in [0.4, 0.5) is 0 Å². The molecule has 0 bridgehead atoms. The third-order valence-electron chi connectivity index (χ3n) is 1.33. The predicted octanol–water partition coefficient (Wildman–Crippen LogP) is 0.860. The first-order chi connectivity index (χ1) is 6.01. The fourth-order valence-corrected chi connectivity index (χ4v) is 1.14. The highest BCUT2D eigenvalue weighted by Crippen LogP contribution is 2.00. The first-order valence-corrected chi connectivity index (χ1v) is 6.29. The summed E-state index contributed by atoms with van der Waals surface area (Å²) in [5.74, 6) is 1.08. The van der Waals surface area contributed by atoms with E-state index in [2.05, 4.69) is 14.5 Å². The number of rotatable bonds is 3. The van der Waals surface area contributed by atoms with Crippen LogP contribution in [0, 0.1) is 0 Å². The number of aryl methyl sites for hydroxylation is 1. The number of hydrogen-bond acceptors (Lipinski definition) is 5. The van der Waals surface area contributed by atoms with Crippen LogP contribution in [0.2, 0.25) is 0 Å². The van der Waals surface area contributed by atoms with Crippen LogP contribution in [0.5, 0.6) is 0 Å². The van der Waals surface area contributed by atoms with Crippen molar-refractivity contribution in [3.8, 4) is 0 Å². The summed E-state index contributed by atoms with van der Waals surface area (Å²) in [6.45, 7) is 2.19. The van der Waals surface area contributed by atoms with E-state index in [4.69, 9.17) is 4.52 Å². The van der Waals surface area contributed by atoms with Gasteiger partial charge in [0.05, 0.1) is 0 Å². The van der Waals surface area contributed by atoms with E-state index in [9.17, 15) is 4.21 Å². The minimum Gasteiger partial charge on any atom is -0.339 e. The maximum Gasteiger partial charge on any atom is 0.226 e. The summed E-state index contributed by atoms with van der Waals surface area (Å²) in [7, 11) is -2.07. The molecule has 5 nitrogen and oxygen atoms in total. The van der Waals surface area contributed by atoms with E-state index < -0.39 is 9.73 Å². The van der Waals surface area contributed by atoms with Crippen LogP contribution in [0.1, 0.15) is 18.6 Å². The van der Waals surface area contributed by atoms with Crippen molar-refractivity contribution in [3.63, 3.8) is 0 Å². The van der Waals surface area contributed by atoms with Gasteiger partial charge < -0.3 is 4.52 Å². The summed E-state index contributed by atoms with van der Waals surface area (Å²) in [5, 5.41) is 3.68. The highest BCUT2D eigenvalue weighted by atomic mass is 32.2. The average molecular weight is 203 g/mol. The molecule has 0 aliphatic heterocycles. The second-order valence-corrected chi connectivity index (χ2v) is 5.55. The van der Waals surface area contributed by atoms with Crippen molar-refractivity contribution >= 4 is 9.73 Å². The summed E-state index contributed by atoms with van der Waals surface area (Å²) < 4.78 is 20.0. The Morgan fingerprint density at radius 2 is 2.23 bits per heavy atom. The van der Waals surface area contributed by atoms with Gasteiger partial charge in [0.2, 0.25) is 5.89 Å². The third kappa shape index (κ3) is 3.54. The minimum atomic E-state index is -2.07. The van der Waals surface area contributed by atoms with Gasteiger partial charge in [-0.15, -0.1) is 0 Å². The smallest absolute Gasteiger partial charge is 0.226 e. The summed E-state index contributed by atoms with van der Waals surface area (Å²) in [6.07, 6.45) is 3.86. The maximum atomic E-state index is 11.2. The van der Waals surface area contributed by atoms with Crippen molar-refractivity contribution in [1.29, 1.82) is 0 Å². The van der Waals surface area contributed by atoms with Gasteiger partial charge in [0, 0.05) is 28.7 Å². The maximum absolute atomic E-state index is 11.2. The van der Waals surface area contributed by atoms with E-state index in [0.29, 0.717) is 18.1 Å². The lowest BCUT2D eigenvalue weighted by Crippen LogP contribution is -1.94. The zero-order valence-corrected chi connectivity index (χ0v) is 8.80. The van der Waals surface area contributed by atoms with Gasteiger partial charge in [-0.05, 0) is 0 Å². The van der Waals surface area contributed by atoms with Crippen LogP contribution in [0.25, 0.3) is 0 Å². The molecule has 1 rings (SSSR count). The average Bonchev–Trinajstić information content (AvgIpc) is 2.47. The summed E-state index contributed by atoms with van der Waals surface area (Å²) in [6, 6.07) is 0. The van der Waals surface area contributed by atoms with Gasteiger partial charge in [0.25, 0.3) is 0 Å². The molecule has 0 aromatic carbocycles. The van der Waals surface area contributed by atoms with Crippen LogP contribution in [0.3, 0.4) is 0 Å². The van der Waals surface area contributed by atoms with Gasteiger partial charge in [0.1, 0.15) is 6.54 Å². The van der Waals surface area contributed by atoms with Gasteiger partial charge in [-0.2, -0.15) is 4.98 Å². The van der Waals surface area contributed by atoms with Crippen LogP contribution in [0.15, 0.2) is 8.89 Å². The molecule has 1 aromatic heterocycles. The molecule has 13 heavy (non-hydrogen) atoms. The fourth-order valence-electron chi connectivity index (χ4n) is 0.711. The molecule has 1 heterocycles. The van der Waals surface area contributed by atoms with Crippen molar-refractivity contribution < 1.29 is 8.73 Å².